The van der Waals surface area contributed by atoms with E-state index in [1.54, 1.807) is 12.1 Å². The first-order valence-corrected chi connectivity index (χ1v) is 5.62. The molecule has 0 saturated carbocycles. The molecule has 0 fully saturated rings. The third-order valence-electron chi connectivity index (χ3n) is 2.17. The summed E-state index contributed by atoms with van der Waals surface area (Å²) in [4.78, 5) is 8.48. The van der Waals surface area contributed by atoms with Gasteiger partial charge in [-0.1, -0.05) is 48.0 Å². The number of hydrogen-bond donors (Lipinski definition) is 1. The van der Waals surface area contributed by atoms with E-state index in [0.717, 1.165) is 11.3 Å². The lowest BCUT2D eigenvalue weighted by molar-refractivity contribution is 1.12. The lowest BCUT2D eigenvalue weighted by Crippen LogP contribution is -2.03. The van der Waals surface area contributed by atoms with Crippen molar-refractivity contribution < 1.29 is 0 Å². The van der Waals surface area contributed by atoms with Crippen molar-refractivity contribution in [3.63, 3.8) is 0 Å². The van der Waals surface area contributed by atoms with Gasteiger partial charge >= 0.3 is 0 Å². The molecule has 0 aliphatic rings. The molecule has 0 unspecified atom stereocenters. The molecule has 1 heterocycles. The smallest absolute Gasteiger partial charge is 0.224 e. The molecule has 0 aliphatic heterocycles. The molecule has 0 spiro atoms. The normalized spacial score (nSPS) is 9.94. The number of anilines is 1. The van der Waals surface area contributed by atoms with E-state index in [9.17, 15) is 0 Å². The Kier molecular flexibility index (Phi) is 3.73. The van der Waals surface area contributed by atoms with Crippen molar-refractivity contribution in [2.24, 2.45) is 0 Å². The van der Waals surface area contributed by atoms with Gasteiger partial charge in [-0.15, -0.1) is 6.58 Å². The monoisotopic (exact) mass is 245 g/mol. The number of hydrogen-bond acceptors (Lipinski definition) is 3. The molecule has 86 valence electrons. The summed E-state index contributed by atoms with van der Waals surface area (Å²) in [5.74, 6) is 0.510. The Hall–Kier alpha value is -1.87. The molecule has 2 rings (SSSR count). The van der Waals surface area contributed by atoms with Crippen LogP contribution in [0.4, 0.5) is 5.95 Å². The Balaban J connectivity index is 2.35. The Bertz CT molecular complexity index is 511. The highest BCUT2D eigenvalue weighted by atomic mass is 35.5. The van der Waals surface area contributed by atoms with Gasteiger partial charge in [0.2, 0.25) is 5.95 Å². The third-order valence-corrected chi connectivity index (χ3v) is 2.36. The first-order valence-electron chi connectivity index (χ1n) is 5.24. The number of halogens is 1. The lowest BCUT2D eigenvalue weighted by atomic mass is 10.1. The van der Waals surface area contributed by atoms with E-state index < -0.39 is 0 Å². The Morgan fingerprint density at radius 2 is 2.00 bits per heavy atom. The van der Waals surface area contributed by atoms with Crippen molar-refractivity contribution in [1.29, 1.82) is 0 Å². The average Bonchev–Trinajstić information content (AvgIpc) is 2.37. The quantitative estimate of drug-likeness (QED) is 0.663. The molecule has 0 saturated heterocycles. The molecule has 0 atom stereocenters. The van der Waals surface area contributed by atoms with Crippen LogP contribution in [0.15, 0.2) is 49.1 Å². The molecule has 0 bridgehead atoms. The zero-order valence-corrected chi connectivity index (χ0v) is 9.98. The second-order valence-electron chi connectivity index (χ2n) is 3.44. The van der Waals surface area contributed by atoms with Gasteiger partial charge in [-0.05, 0) is 0 Å². The Morgan fingerprint density at radius 1 is 1.24 bits per heavy atom. The number of benzene rings is 1. The maximum absolute atomic E-state index is 5.96. The maximum Gasteiger partial charge on any atom is 0.224 e. The Morgan fingerprint density at radius 3 is 2.71 bits per heavy atom. The van der Waals surface area contributed by atoms with E-state index in [-0.39, 0.29) is 0 Å². The van der Waals surface area contributed by atoms with Crippen LogP contribution in [0.3, 0.4) is 0 Å². The minimum absolute atomic E-state index is 0.422. The van der Waals surface area contributed by atoms with E-state index in [1.807, 2.05) is 30.3 Å². The van der Waals surface area contributed by atoms with Crippen molar-refractivity contribution in [2.75, 3.05) is 11.9 Å². The van der Waals surface area contributed by atoms with Crippen molar-refractivity contribution in [2.45, 2.75) is 0 Å². The fourth-order valence-corrected chi connectivity index (χ4v) is 1.60. The van der Waals surface area contributed by atoms with Crippen LogP contribution in [-0.4, -0.2) is 16.5 Å². The van der Waals surface area contributed by atoms with E-state index >= 15 is 0 Å². The second-order valence-corrected chi connectivity index (χ2v) is 3.82. The highest BCUT2D eigenvalue weighted by molar-refractivity contribution is 6.29. The average molecular weight is 246 g/mol. The number of aromatic nitrogens is 2. The van der Waals surface area contributed by atoms with E-state index in [4.69, 9.17) is 11.6 Å². The number of rotatable bonds is 4. The molecule has 4 heteroatoms. The molecular formula is C13H12ClN3. The molecule has 1 aromatic carbocycles. The van der Waals surface area contributed by atoms with Gasteiger partial charge in [0.1, 0.15) is 5.15 Å². The predicted octanol–water partition coefficient (Wildman–Crippen LogP) is 3.39. The second kappa shape index (κ2) is 5.46. The van der Waals surface area contributed by atoms with E-state index in [1.165, 1.54) is 0 Å². The zero-order valence-electron chi connectivity index (χ0n) is 9.23. The molecule has 3 nitrogen and oxygen atoms in total. The summed E-state index contributed by atoms with van der Waals surface area (Å²) >= 11 is 5.96. The summed E-state index contributed by atoms with van der Waals surface area (Å²) in [6, 6.07) is 11.6. The molecular weight excluding hydrogens is 234 g/mol. The van der Waals surface area contributed by atoms with Crippen LogP contribution in [0.1, 0.15) is 0 Å². The SMILES string of the molecule is C=CCNc1nc(Cl)cc(-c2ccccc2)n1. The first-order chi connectivity index (χ1) is 8.29. The molecule has 0 aliphatic carbocycles. The fraction of sp³-hybridized carbons (Fsp3) is 0.0769. The van der Waals surface area contributed by atoms with Crippen LogP contribution in [0.25, 0.3) is 11.3 Å². The van der Waals surface area contributed by atoms with Gasteiger partial charge in [0, 0.05) is 18.2 Å². The van der Waals surface area contributed by atoms with Crippen molar-refractivity contribution in [3.05, 3.63) is 54.2 Å². The van der Waals surface area contributed by atoms with Gasteiger partial charge in [0.05, 0.1) is 5.69 Å². The zero-order chi connectivity index (χ0) is 12.1. The Labute approximate surface area is 105 Å². The molecule has 1 aromatic heterocycles. The summed E-state index contributed by atoms with van der Waals surface area (Å²) in [6.45, 7) is 4.23. The van der Waals surface area contributed by atoms with Gasteiger partial charge < -0.3 is 5.32 Å². The van der Waals surface area contributed by atoms with Crippen LogP contribution in [0.5, 0.6) is 0 Å². The van der Waals surface area contributed by atoms with Crippen LogP contribution in [0, 0.1) is 0 Å². The van der Waals surface area contributed by atoms with E-state index in [0.29, 0.717) is 17.6 Å². The molecule has 0 radical (unpaired) electrons. The minimum atomic E-state index is 0.422. The van der Waals surface area contributed by atoms with Gasteiger partial charge in [0.25, 0.3) is 0 Å². The lowest BCUT2D eigenvalue weighted by Gasteiger charge is -2.05. The third kappa shape index (κ3) is 3.04. The molecule has 17 heavy (non-hydrogen) atoms. The summed E-state index contributed by atoms with van der Waals surface area (Å²) < 4.78 is 0. The minimum Gasteiger partial charge on any atom is -0.351 e. The van der Waals surface area contributed by atoms with Crippen LogP contribution >= 0.6 is 11.6 Å². The van der Waals surface area contributed by atoms with Crippen molar-refractivity contribution in [3.8, 4) is 11.3 Å². The summed E-state index contributed by atoms with van der Waals surface area (Å²) in [5, 5.41) is 3.44. The maximum atomic E-state index is 5.96. The molecule has 0 amide bonds. The number of nitrogens with zero attached hydrogens (tertiary/aromatic N) is 2. The van der Waals surface area contributed by atoms with Gasteiger partial charge in [-0.3, -0.25) is 0 Å². The largest absolute Gasteiger partial charge is 0.351 e. The summed E-state index contributed by atoms with van der Waals surface area (Å²) in [6.07, 6.45) is 1.74. The van der Waals surface area contributed by atoms with Crippen LogP contribution < -0.4 is 5.32 Å². The molecule has 1 N–H and O–H groups in total. The van der Waals surface area contributed by atoms with Crippen LogP contribution in [-0.2, 0) is 0 Å². The van der Waals surface area contributed by atoms with Gasteiger partial charge in [-0.25, -0.2) is 9.97 Å². The highest BCUT2D eigenvalue weighted by Gasteiger charge is 2.04. The van der Waals surface area contributed by atoms with Gasteiger partial charge in [0.15, 0.2) is 0 Å². The topological polar surface area (TPSA) is 37.8 Å². The van der Waals surface area contributed by atoms with Crippen LogP contribution in [0.2, 0.25) is 5.15 Å². The molecule has 2 aromatic rings. The summed E-state index contributed by atoms with van der Waals surface area (Å²) in [7, 11) is 0. The standard InChI is InChI=1S/C13H12ClN3/c1-2-8-15-13-16-11(9-12(14)17-13)10-6-4-3-5-7-10/h2-7,9H,1,8H2,(H,15,16,17). The summed E-state index contributed by atoms with van der Waals surface area (Å²) in [5.41, 5.74) is 1.82. The first kappa shape index (κ1) is 11.6. The fourth-order valence-electron chi connectivity index (χ4n) is 1.42. The number of nitrogens with one attached hydrogen (secondary N) is 1. The highest BCUT2D eigenvalue weighted by Crippen LogP contribution is 2.20. The van der Waals surface area contributed by atoms with Crippen molar-refractivity contribution in [1.82, 2.24) is 9.97 Å². The van der Waals surface area contributed by atoms with Gasteiger partial charge in [-0.2, -0.15) is 0 Å². The van der Waals surface area contributed by atoms with Crippen molar-refractivity contribution >= 4 is 17.5 Å². The predicted molar refractivity (Wildman–Crippen MR) is 71.2 cm³/mol. The van der Waals surface area contributed by atoms with E-state index in [2.05, 4.69) is 21.9 Å².